The highest BCUT2D eigenvalue weighted by molar-refractivity contribution is 7.86. The molecule has 1 aromatic rings. The van der Waals surface area contributed by atoms with Crippen LogP contribution in [-0.2, 0) is 38.5 Å². The molecule has 0 saturated carbocycles. The van der Waals surface area contributed by atoms with Gasteiger partial charge in [0.1, 0.15) is 29.7 Å². The van der Waals surface area contributed by atoms with Gasteiger partial charge in [0, 0.05) is 24.5 Å². The number of guanidine groups is 1. The van der Waals surface area contributed by atoms with E-state index in [9.17, 15) is 42.3 Å². The maximum Gasteiger partial charge on any atom is 0.514 e. The number of nitro groups is 1. The smallest absolute Gasteiger partial charge is 0.444 e. The van der Waals surface area contributed by atoms with Crippen LogP contribution < -0.4 is 15.4 Å². The van der Waals surface area contributed by atoms with Gasteiger partial charge in [0.2, 0.25) is 5.96 Å². The first-order valence-electron chi connectivity index (χ1n) is 14.7. The second-order valence-corrected chi connectivity index (χ2v) is 14.4. The summed E-state index contributed by atoms with van der Waals surface area (Å²) < 4.78 is 71.4. The summed E-state index contributed by atoms with van der Waals surface area (Å²) in [4.78, 5) is 64.7. The Balaban J connectivity index is 1.99. The zero-order valence-electron chi connectivity index (χ0n) is 27.6. The Kier molecular flexibility index (Phi) is 12.0. The molecule has 0 bridgehead atoms. The number of aliphatic imine (C=N–C) groups is 1. The van der Waals surface area contributed by atoms with E-state index in [4.69, 9.17) is 33.2 Å². The first kappa shape index (κ1) is 38.7. The number of ether oxygens (including phenoxy) is 7. The summed E-state index contributed by atoms with van der Waals surface area (Å²) in [5.74, 6) is -1.68. The number of nitrogens with one attached hydrogen (secondary N) is 2. The molecule has 0 spiro atoms. The molecule has 272 valence electrons. The molecule has 3 rings (SSSR count). The molecule has 20 nitrogen and oxygen atoms in total. The highest BCUT2D eigenvalue weighted by Gasteiger charge is 2.51. The average molecular weight is 719 g/mol. The van der Waals surface area contributed by atoms with Crippen LogP contribution in [0.15, 0.2) is 29.3 Å². The Morgan fingerprint density at radius 2 is 1.59 bits per heavy atom. The van der Waals surface area contributed by atoms with E-state index in [1.54, 1.807) is 41.5 Å². The van der Waals surface area contributed by atoms with Gasteiger partial charge in [-0.1, -0.05) is 6.92 Å². The molecular formula is C28H38N4O16S. The number of benzene rings is 1. The van der Waals surface area contributed by atoms with E-state index in [-0.39, 0.29) is 11.4 Å². The van der Waals surface area contributed by atoms with Gasteiger partial charge >= 0.3 is 24.5 Å². The Morgan fingerprint density at radius 1 is 1.04 bits per heavy atom. The molecule has 21 heteroatoms. The molecule has 2 saturated heterocycles. The minimum absolute atomic E-state index is 0.170. The lowest BCUT2D eigenvalue weighted by Gasteiger charge is -2.41. The van der Waals surface area contributed by atoms with Gasteiger partial charge in [-0.25, -0.2) is 24.2 Å². The first-order valence-corrected chi connectivity index (χ1v) is 16.2. The fourth-order valence-electron chi connectivity index (χ4n) is 4.51. The summed E-state index contributed by atoms with van der Waals surface area (Å²) in [5.41, 5.74) is -4.23. The third-order valence-corrected chi connectivity index (χ3v) is 7.49. The van der Waals surface area contributed by atoms with Crippen molar-refractivity contribution in [1.29, 1.82) is 0 Å². The highest BCUT2D eigenvalue weighted by atomic mass is 32.2. The molecular weight excluding hydrogens is 680 g/mol. The van der Waals surface area contributed by atoms with Gasteiger partial charge in [-0.2, -0.15) is 8.42 Å². The number of hydrogen-bond donors (Lipinski definition) is 3. The normalized spacial score (nSPS) is 23.1. The van der Waals surface area contributed by atoms with Crippen molar-refractivity contribution in [2.75, 3.05) is 6.61 Å². The maximum atomic E-state index is 12.9. The lowest BCUT2D eigenvalue weighted by atomic mass is 9.86. The predicted molar refractivity (Wildman–Crippen MR) is 164 cm³/mol. The zero-order valence-corrected chi connectivity index (χ0v) is 28.4. The SMILES string of the molecule is C[C@H]1[C@H]([C@H](OC(=O)Oc2ccc([N+](=O)[O-])cc2)[C@H]2COC(=O)O2)O[C@H](S(=O)(=O)O)C[C@@H]1N=C(NC(=O)OC(C)(C)C)NC(=O)OC(C)(C)C. The quantitative estimate of drug-likeness (QED) is 0.0532. The summed E-state index contributed by atoms with van der Waals surface area (Å²) in [7, 11) is -4.98. The molecule has 0 aromatic heterocycles. The number of hydrogen-bond acceptors (Lipinski definition) is 16. The van der Waals surface area contributed by atoms with Crippen molar-refractivity contribution < 1.29 is 70.2 Å². The number of carbonyl (C=O) groups excluding carboxylic acids is 4. The molecule has 0 radical (unpaired) electrons. The Labute approximate surface area is 280 Å². The number of non-ortho nitro benzene ring substituents is 1. The Morgan fingerprint density at radius 3 is 2.04 bits per heavy atom. The molecule has 6 atom stereocenters. The van der Waals surface area contributed by atoms with Crippen molar-refractivity contribution >= 4 is 46.3 Å². The largest absolute Gasteiger partial charge is 0.514 e. The van der Waals surface area contributed by atoms with Crippen molar-refractivity contribution in [2.45, 2.75) is 95.9 Å². The van der Waals surface area contributed by atoms with E-state index >= 15 is 0 Å². The molecule has 2 aliphatic heterocycles. The minimum Gasteiger partial charge on any atom is -0.444 e. The summed E-state index contributed by atoms with van der Waals surface area (Å²) in [6.45, 7) is 10.5. The number of cyclic esters (lactones) is 2. The van der Waals surface area contributed by atoms with E-state index in [0.29, 0.717) is 0 Å². The molecule has 0 aliphatic carbocycles. The fraction of sp³-hybridized carbons (Fsp3) is 0.607. The summed E-state index contributed by atoms with van der Waals surface area (Å²) >= 11 is 0. The number of nitro benzene ring substituents is 1. The van der Waals surface area contributed by atoms with Gasteiger partial charge in [-0.15, -0.1) is 0 Å². The number of nitrogens with zero attached hydrogens (tertiary/aromatic N) is 2. The van der Waals surface area contributed by atoms with Gasteiger partial charge in [0.15, 0.2) is 17.6 Å². The van der Waals surface area contributed by atoms with Gasteiger partial charge in [0.05, 0.1) is 11.0 Å². The first-order chi connectivity index (χ1) is 22.5. The van der Waals surface area contributed by atoms with Gasteiger partial charge < -0.3 is 33.2 Å². The van der Waals surface area contributed by atoms with E-state index in [2.05, 4.69) is 15.6 Å². The van der Waals surface area contributed by atoms with Crippen LogP contribution in [0.4, 0.5) is 24.9 Å². The average Bonchev–Trinajstić information content (AvgIpc) is 3.36. The van der Waals surface area contributed by atoms with Gasteiger partial charge in [-0.05, 0) is 53.7 Å². The molecule has 49 heavy (non-hydrogen) atoms. The zero-order chi connectivity index (χ0) is 36.9. The van der Waals surface area contributed by atoms with E-state index in [1.165, 1.54) is 6.92 Å². The minimum atomic E-state index is -4.98. The van der Waals surface area contributed by atoms with Crippen molar-refractivity contribution in [3.63, 3.8) is 0 Å². The third kappa shape index (κ3) is 12.0. The van der Waals surface area contributed by atoms with Gasteiger partial charge in [0.25, 0.3) is 15.8 Å². The topological polar surface area (TPSA) is 267 Å². The lowest BCUT2D eigenvalue weighted by molar-refractivity contribution is -0.384. The van der Waals surface area contributed by atoms with Crippen LogP contribution in [0.5, 0.6) is 5.75 Å². The van der Waals surface area contributed by atoms with Gasteiger partial charge in [-0.3, -0.25) is 25.3 Å². The highest BCUT2D eigenvalue weighted by Crippen LogP contribution is 2.35. The predicted octanol–water partition coefficient (Wildman–Crippen LogP) is 3.43. The van der Waals surface area contributed by atoms with Crippen molar-refractivity contribution in [3.8, 4) is 5.75 Å². The van der Waals surface area contributed by atoms with Crippen LogP contribution in [-0.4, -0.2) is 95.9 Å². The molecule has 2 aliphatic rings. The number of alkyl carbamates (subject to hydrolysis) is 2. The number of rotatable bonds is 7. The summed E-state index contributed by atoms with van der Waals surface area (Å²) in [6, 6.07) is 3.13. The molecule has 2 heterocycles. The van der Waals surface area contributed by atoms with E-state index in [0.717, 1.165) is 24.3 Å². The molecule has 3 N–H and O–H groups in total. The molecule has 1 aromatic carbocycles. The van der Waals surface area contributed by atoms with E-state index < -0.39 is 105 Å². The molecule has 2 fully saturated rings. The maximum absolute atomic E-state index is 12.9. The second kappa shape index (κ2) is 15.2. The third-order valence-electron chi connectivity index (χ3n) is 6.52. The number of amides is 2. The fourth-order valence-corrected chi connectivity index (χ4v) is 5.22. The molecule has 2 amide bonds. The van der Waals surface area contributed by atoms with Crippen LogP contribution >= 0.6 is 0 Å². The second-order valence-electron chi connectivity index (χ2n) is 12.8. The Bertz CT molecular complexity index is 1520. The lowest BCUT2D eigenvalue weighted by Crippen LogP contribution is -2.56. The van der Waals surface area contributed by atoms with Crippen LogP contribution in [0.1, 0.15) is 54.9 Å². The van der Waals surface area contributed by atoms with Crippen molar-refractivity contribution in [3.05, 3.63) is 34.4 Å². The van der Waals surface area contributed by atoms with Crippen molar-refractivity contribution in [1.82, 2.24) is 10.6 Å². The van der Waals surface area contributed by atoms with Crippen molar-refractivity contribution in [2.24, 2.45) is 10.9 Å². The number of carbonyl (C=O) groups is 4. The monoisotopic (exact) mass is 718 g/mol. The molecule has 0 unspecified atom stereocenters. The van der Waals surface area contributed by atoms with Crippen LogP contribution in [0.3, 0.4) is 0 Å². The van der Waals surface area contributed by atoms with Crippen LogP contribution in [0.2, 0.25) is 0 Å². The Hall–Kier alpha value is -4.76. The standard InChI is InChI=1S/C28H38N4O16S/c1-14-17(29-22(30-23(33)47-27(2,3)4)31-24(34)48-28(5,6)7)12-19(49(39,40)41)45-20(14)21(18-13-42-25(35)44-18)46-26(36)43-16-10-8-15(9-11-16)32(37)38/h8-11,14,17-21H,12-13H2,1-7H3,(H,39,40,41)(H2,29,30,31,33,34)/t14-,17+,18-,19-,20-,21-/m1/s1. The van der Waals surface area contributed by atoms with Crippen LogP contribution in [0, 0.1) is 16.0 Å². The van der Waals surface area contributed by atoms with E-state index in [1.807, 2.05) is 0 Å². The van der Waals surface area contributed by atoms with Crippen LogP contribution in [0.25, 0.3) is 0 Å². The summed E-state index contributed by atoms with van der Waals surface area (Å²) in [5, 5.41) is 15.5. The summed E-state index contributed by atoms with van der Waals surface area (Å²) in [6.07, 6.45) is -9.74.